The van der Waals surface area contributed by atoms with Crippen molar-refractivity contribution in [1.82, 2.24) is 5.43 Å². The first-order valence-electron chi connectivity index (χ1n) is 7.53. The van der Waals surface area contributed by atoms with Gasteiger partial charge < -0.3 is 9.47 Å². The molecule has 2 aromatic carbocycles. The summed E-state index contributed by atoms with van der Waals surface area (Å²) in [5.74, 6) is -0.806. The van der Waals surface area contributed by atoms with Crippen LogP contribution in [0.4, 0.5) is 4.39 Å². The molecule has 1 N–H and O–H groups in total. The molecule has 0 aliphatic carbocycles. The highest BCUT2D eigenvalue weighted by Crippen LogP contribution is 2.21. The Hall–Kier alpha value is -2.74. The van der Waals surface area contributed by atoms with Gasteiger partial charge in [0, 0.05) is 10.0 Å². The number of hydrogen-bond acceptors (Lipinski definition) is 5. The van der Waals surface area contributed by atoms with Gasteiger partial charge in [-0.05, 0) is 35.9 Å². The topological polar surface area (TPSA) is 77.0 Å². The minimum Gasteiger partial charge on any atom is -0.481 e. The van der Waals surface area contributed by atoms with Crippen molar-refractivity contribution >= 4 is 34.0 Å². The molecule has 0 bridgehead atoms. The number of esters is 1. The SMILES string of the molecule is COC(=O)COc1ccc(Br)cc1/C=N/NC(=O)Cc1ccc(F)cc1. The number of halogens is 2. The maximum atomic E-state index is 12.9. The van der Waals surface area contributed by atoms with Crippen molar-refractivity contribution in [3.63, 3.8) is 0 Å². The summed E-state index contributed by atoms with van der Waals surface area (Å²) in [6.45, 7) is -0.240. The molecule has 0 radical (unpaired) electrons. The van der Waals surface area contributed by atoms with Gasteiger partial charge in [-0.15, -0.1) is 0 Å². The summed E-state index contributed by atoms with van der Waals surface area (Å²) in [4.78, 5) is 23.1. The normalized spacial score (nSPS) is 10.6. The second kappa shape index (κ2) is 9.67. The van der Waals surface area contributed by atoms with Crippen LogP contribution >= 0.6 is 15.9 Å². The predicted octanol–water partition coefficient (Wildman–Crippen LogP) is 2.83. The Morgan fingerprint density at radius 1 is 1.23 bits per heavy atom. The summed E-state index contributed by atoms with van der Waals surface area (Å²) < 4.78 is 23.5. The third kappa shape index (κ3) is 6.29. The van der Waals surface area contributed by atoms with Gasteiger partial charge in [-0.2, -0.15) is 5.10 Å². The van der Waals surface area contributed by atoms with E-state index in [1.54, 1.807) is 18.2 Å². The maximum absolute atomic E-state index is 12.9. The summed E-state index contributed by atoms with van der Waals surface area (Å²) >= 11 is 3.33. The molecule has 0 aliphatic heterocycles. The van der Waals surface area contributed by atoms with Crippen LogP contribution in [0, 0.1) is 5.82 Å². The Bertz CT molecular complexity index is 809. The summed E-state index contributed by atoms with van der Waals surface area (Å²) in [7, 11) is 1.27. The van der Waals surface area contributed by atoms with Gasteiger partial charge in [0.25, 0.3) is 0 Å². The van der Waals surface area contributed by atoms with E-state index in [2.05, 4.69) is 31.2 Å². The standard InChI is InChI=1S/C18H16BrFN2O4/c1-25-18(24)11-26-16-7-4-14(19)9-13(16)10-21-22-17(23)8-12-2-5-15(20)6-3-12/h2-7,9-10H,8,11H2,1H3,(H,22,23)/b21-10+. The molecule has 136 valence electrons. The lowest BCUT2D eigenvalue weighted by atomic mass is 10.1. The van der Waals surface area contributed by atoms with Gasteiger partial charge in [0.2, 0.25) is 5.91 Å². The van der Waals surface area contributed by atoms with Gasteiger partial charge in [-0.3, -0.25) is 4.79 Å². The molecule has 26 heavy (non-hydrogen) atoms. The quantitative estimate of drug-likeness (QED) is 0.422. The fourth-order valence-corrected chi connectivity index (χ4v) is 2.33. The lowest BCUT2D eigenvalue weighted by Gasteiger charge is -2.08. The molecule has 0 aromatic heterocycles. The molecular formula is C18H16BrFN2O4. The van der Waals surface area contributed by atoms with Gasteiger partial charge in [0.1, 0.15) is 11.6 Å². The second-order valence-electron chi connectivity index (χ2n) is 5.14. The summed E-state index contributed by atoms with van der Waals surface area (Å²) in [5.41, 5.74) is 3.62. The van der Waals surface area contributed by atoms with E-state index in [1.165, 1.54) is 37.6 Å². The van der Waals surface area contributed by atoms with Crippen molar-refractivity contribution in [2.24, 2.45) is 5.10 Å². The average Bonchev–Trinajstić information content (AvgIpc) is 2.62. The van der Waals surface area contributed by atoms with Crippen LogP contribution in [0.1, 0.15) is 11.1 Å². The van der Waals surface area contributed by atoms with Crippen LogP contribution in [0.25, 0.3) is 0 Å². The molecule has 2 rings (SSSR count). The summed E-state index contributed by atoms with van der Waals surface area (Å²) in [5, 5.41) is 3.89. The van der Waals surface area contributed by atoms with Crippen LogP contribution in [0.3, 0.4) is 0 Å². The van der Waals surface area contributed by atoms with Gasteiger partial charge >= 0.3 is 5.97 Å². The Morgan fingerprint density at radius 2 is 1.96 bits per heavy atom. The number of hydrogen-bond donors (Lipinski definition) is 1. The fourth-order valence-electron chi connectivity index (χ4n) is 1.95. The highest BCUT2D eigenvalue weighted by molar-refractivity contribution is 9.10. The molecule has 0 heterocycles. The van der Waals surface area contributed by atoms with Crippen LogP contribution in [-0.2, 0) is 20.7 Å². The first-order chi connectivity index (χ1) is 12.5. The fraction of sp³-hybridized carbons (Fsp3) is 0.167. The predicted molar refractivity (Wildman–Crippen MR) is 97.5 cm³/mol. The number of nitrogens with one attached hydrogen (secondary N) is 1. The van der Waals surface area contributed by atoms with Crippen molar-refractivity contribution in [3.8, 4) is 5.75 Å². The van der Waals surface area contributed by atoms with E-state index < -0.39 is 5.97 Å². The van der Waals surface area contributed by atoms with Gasteiger partial charge in [-0.25, -0.2) is 14.6 Å². The number of benzene rings is 2. The van der Waals surface area contributed by atoms with Crippen LogP contribution in [0.5, 0.6) is 5.75 Å². The molecular weight excluding hydrogens is 407 g/mol. The van der Waals surface area contributed by atoms with Gasteiger partial charge in [0.15, 0.2) is 6.61 Å². The zero-order valence-electron chi connectivity index (χ0n) is 13.9. The van der Waals surface area contributed by atoms with E-state index in [1.807, 2.05) is 0 Å². The van der Waals surface area contributed by atoms with Gasteiger partial charge in [0.05, 0.1) is 19.7 Å². The van der Waals surface area contributed by atoms with Crippen molar-refractivity contribution in [2.75, 3.05) is 13.7 Å². The largest absolute Gasteiger partial charge is 0.481 e. The molecule has 2 aromatic rings. The van der Waals surface area contributed by atoms with Crippen molar-refractivity contribution in [3.05, 3.63) is 63.9 Å². The van der Waals surface area contributed by atoms with Crippen molar-refractivity contribution < 1.29 is 23.5 Å². The van der Waals surface area contributed by atoms with E-state index >= 15 is 0 Å². The van der Waals surface area contributed by atoms with Crippen molar-refractivity contribution in [1.29, 1.82) is 0 Å². The minimum absolute atomic E-state index is 0.0712. The van der Waals surface area contributed by atoms with Crippen molar-refractivity contribution in [2.45, 2.75) is 6.42 Å². The van der Waals surface area contributed by atoms with Crippen LogP contribution in [-0.4, -0.2) is 31.8 Å². The van der Waals surface area contributed by atoms with Gasteiger partial charge in [-0.1, -0.05) is 28.1 Å². The molecule has 0 fully saturated rings. The number of amides is 1. The molecule has 0 unspecified atom stereocenters. The highest BCUT2D eigenvalue weighted by Gasteiger charge is 2.07. The van der Waals surface area contributed by atoms with E-state index in [9.17, 15) is 14.0 Å². The third-order valence-corrected chi connectivity index (χ3v) is 3.71. The molecule has 0 saturated heterocycles. The van der Waals surface area contributed by atoms with E-state index in [0.29, 0.717) is 16.9 Å². The van der Waals surface area contributed by atoms with E-state index in [4.69, 9.17) is 4.74 Å². The van der Waals surface area contributed by atoms with E-state index in [0.717, 1.165) is 4.47 Å². The number of carbonyl (C=O) groups is 2. The molecule has 8 heteroatoms. The van der Waals surface area contributed by atoms with E-state index in [-0.39, 0.29) is 24.8 Å². The second-order valence-corrected chi connectivity index (χ2v) is 6.06. The lowest BCUT2D eigenvalue weighted by molar-refractivity contribution is -0.142. The highest BCUT2D eigenvalue weighted by atomic mass is 79.9. The minimum atomic E-state index is -0.511. The van der Waals surface area contributed by atoms with Crippen LogP contribution < -0.4 is 10.2 Å². The first-order valence-corrected chi connectivity index (χ1v) is 8.32. The Kier molecular flexibility index (Phi) is 7.28. The molecule has 0 aliphatic rings. The molecule has 0 saturated carbocycles. The summed E-state index contributed by atoms with van der Waals surface area (Å²) in [6, 6.07) is 10.8. The van der Waals surface area contributed by atoms with Crippen LogP contribution in [0.2, 0.25) is 0 Å². The Balaban J connectivity index is 1.97. The number of ether oxygens (including phenoxy) is 2. The molecule has 1 amide bonds. The number of carbonyl (C=O) groups excluding carboxylic acids is 2. The molecule has 0 spiro atoms. The number of rotatable bonds is 7. The zero-order valence-corrected chi connectivity index (χ0v) is 15.5. The smallest absolute Gasteiger partial charge is 0.343 e. The summed E-state index contributed by atoms with van der Waals surface area (Å²) in [6.07, 6.45) is 1.47. The number of hydrazone groups is 1. The average molecular weight is 423 g/mol. The van der Waals surface area contributed by atoms with Crippen LogP contribution in [0.15, 0.2) is 52.0 Å². The Labute approximate surface area is 158 Å². The lowest BCUT2D eigenvalue weighted by Crippen LogP contribution is -2.20. The third-order valence-electron chi connectivity index (χ3n) is 3.22. The number of nitrogens with zero attached hydrogens (tertiary/aromatic N) is 1. The zero-order chi connectivity index (χ0) is 18.9. The Morgan fingerprint density at radius 3 is 2.65 bits per heavy atom. The number of methoxy groups -OCH3 is 1. The molecule has 0 atom stereocenters. The first kappa shape index (κ1) is 19.6. The molecule has 6 nitrogen and oxygen atoms in total. The maximum Gasteiger partial charge on any atom is 0.343 e. The monoisotopic (exact) mass is 422 g/mol.